The molecule has 1 aliphatic rings. The van der Waals surface area contributed by atoms with Gasteiger partial charge in [-0.05, 0) is 64.4 Å². The van der Waals surface area contributed by atoms with Crippen LogP contribution in [0.3, 0.4) is 0 Å². The van der Waals surface area contributed by atoms with Crippen molar-refractivity contribution in [1.82, 2.24) is 15.2 Å². The van der Waals surface area contributed by atoms with Crippen molar-refractivity contribution in [3.8, 4) is 0 Å². The third kappa shape index (κ3) is 4.97. The summed E-state index contributed by atoms with van der Waals surface area (Å²) in [4.78, 5) is 20.6. The molecule has 31 heavy (non-hydrogen) atoms. The maximum atomic E-state index is 12.7. The number of aryl methyl sites for hydroxylation is 1. The average molecular weight is 516 g/mol. The van der Waals surface area contributed by atoms with Crippen LogP contribution in [0.1, 0.15) is 41.6 Å². The van der Waals surface area contributed by atoms with Crippen molar-refractivity contribution in [1.29, 1.82) is 0 Å². The highest BCUT2D eigenvalue weighted by Gasteiger charge is 2.40. The number of carbonyl (C=O) groups is 1. The van der Waals surface area contributed by atoms with Gasteiger partial charge >= 0.3 is 0 Å². The monoisotopic (exact) mass is 514 g/mol. The van der Waals surface area contributed by atoms with Crippen LogP contribution < -0.4 is 10.6 Å². The molecule has 0 radical (unpaired) electrons. The van der Waals surface area contributed by atoms with E-state index in [4.69, 9.17) is 12.2 Å². The van der Waals surface area contributed by atoms with E-state index in [1.165, 1.54) is 4.88 Å². The fraction of sp³-hybridized carbons (Fsp3) is 0.261. The van der Waals surface area contributed by atoms with Crippen LogP contribution in [0.2, 0.25) is 0 Å². The standard InChI is InChI=1S/C23H23BrN4OS2/c1-2-15-7-3-4-8-17(15)26-20(29)10-12-28-22(19-13-16(24)14-31-19)21(27-23(28)30)18-9-5-6-11-25-18/h3-9,11,13-14,21-22H,2,10,12H2,1H3,(H,26,29)(H,27,30)/t21-,22-/m1/s1. The quantitative estimate of drug-likeness (QED) is 0.409. The van der Waals surface area contributed by atoms with E-state index in [-0.39, 0.29) is 18.0 Å². The second-order valence-corrected chi connectivity index (χ2v) is 9.54. The van der Waals surface area contributed by atoms with Crippen LogP contribution >= 0.6 is 39.5 Å². The molecule has 160 valence electrons. The number of nitrogens with zero attached hydrogens (tertiary/aromatic N) is 2. The Morgan fingerprint density at radius 2 is 2.10 bits per heavy atom. The van der Waals surface area contributed by atoms with Crippen molar-refractivity contribution < 1.29 is 4.79 Å². The summed E-state index contributed by atoms with van der Waals surface area (Å²) in [5.74, 6) is -0.0175. The fourth-order valence-electron chi connectivity index (χ4n) is 3.82. The van der Waals surface area contributed by atoms with Crippen LogP contribution in [0.4, 0.5) is 5.69 Å². The molecule has 0 aliphatic carbocycles. The Morgan fingerprint density at radius 3 is 2.81 bits per heavy atom. The van der Waals surface area contributed by atoms with Crippen LogP contribution in [0, 0.1) is 0 Å². The highest BCUT2D eigenvalue weighted by Crippen LogP contribution is 2.41. The number of carbonyl (C=O) groups excluding carboxylic acids is 1. The number of para-hydroxylation sites is 1. The Morgan fingerprint density at radius 1 is 1.29 bits per heavy atom. The predicted molar refractivity (Wildman–Crippen MR) is 133 cm³/mol. The molecule has 1 aromatic carbocycles. The Bertz CT molecular complexity index is 1070. The van der Waals surface area contributed by atoms with Gasteiger partial charge in [-0.2, -0.15) is 0 Å². The minimum Gasteiger partial charge on any atom is -0.352 e. The summed E-state index contributed by atoms with van der Waals surface area (Å²) in [5, 5.41) is 9.19. The average Bonchev–Trinajstić information content (AvgIpc) is 3.35. The molecule has 0 saturated carbocycles. The summed E-state index contributed by atoms with van der Waals surface area (Å²) in [6.07, 6.45) is 3.01. The Kier molecular flexibility index (Phi) is 6.99. The molecule has 5 nitrogen and oxygen atoms in total. The lowest BCUT2D eigenvalue weighted by atomic mass is 10.0. The minimum atomic E-state index is -0.0665. The van der Waals surface area contributed by atoms with Gasteiger partial charge in [-0.3, -0.25) is 9.78 Å². The molecular formula is C23H23BrN4OS2. The lowest BCUT2D eigenvalue weighted by molar-refractivity contribution is -0.116. The van der Waals surface area contributed by atoms with Gasteiger partial charge in [-0.25, -0.2) is 0 Å². The van der Waals surface area contributed by atoms with Crippen molar-refractivity contribution in [2.24, 2.45) is 0 Å². The molecule has 1 saturated heterocycles. The van der Waals surface area contributed by atoms with Crippen LogP contribution in [-0.4, -0.2) is 27.4 Å². The number of hydrogen-bond acceptors (Lipinski definition) is 4. The van der Waals surface area contributed by atoms with Crippen molar-refractivity contribution in [2.45, 2.75) is 31.8 Å². The molecule has 0 bridgehead atoms. The number of halogens is 1. The number of anilines is 1. The van der Waals surface area contributed by atoms with Gasteiger partial charge in [-0.1, -0.05) is 31.2 Å². The first-order valence-corrected chi connectivity index (χ1v) is 12.2. The van der Waals surface area contributed by atoms with Gasteiger partial charge < -0.3 is 15.5 Å². The van der Waals surface area contributed by atoms with Crippen LogP contribution in [0.25, 0.3) is 0 Å². The summed E-state index contributed by atoms with van der Waals surface area (Å²) in [7, 11) is 0. The Labute approximate surface area is 200 Å². The number of thiophene rings is 1. The zero-order valence-corrected chi connectivity index (χ0v) is 20.3. The van der Waals surface area contributed by atoms with Gasteiger partial charge in [0.05, 0.1) is 17.8 Å². The molecule has 1 aliphatic heterocycles. The van der Waals surface area contributed by atoms with Gasteiger partial charge in [0.1, 0.15) is 0 Å². The molecule has 0 spiro atoms. The third-order valence-electron chi connectivity index (χ3n) is 5.33. The lowest BCUT2D eigenvalue weighted by Crippen LogP contribution is -2.32. The van der Waals surface area contributed by atoms with Gasteiger partial charge in [-0.15, -0.1) is 11.3 Å². The first kappa shape index (κ1) is 21.9. The highest BCUT2D eigenvalue weighted by atomic mass is 79.9. The number of rotatable bonds is 7. The summed E-state index contributed by atoms with van der Waals surface area (Å²) < 4.78 is 1.04. The molecule has 2 atom stereocenters. The van der Waals surface area contributed by atoms with E-state index in [0.29, 0.717) is 18.1 Å². The number of nitrogens with one attached hydrogen (secondary N) is 2. The maximum Gasteiger partial charge on any atom is 0.226 e. The second kappa shape index (κ2) is 9.89. The molecule has 1 fully saturated rings. The third-order valence-corrected chi connectivity index (χ3v) is 7.45. The van der Waals surface area contributed by atoms with E-state index in [1.807, 2.05) is 42.5 Å². The second-order valence-electron chi connectivity index (χ2n) is 7.30. The number of amides is 1. The molecule has 1 amide bonds. The van der Waals surface area contributed by atoms with E-state index in [2.05, 4.69) is 54.8 Å². The number of hydrogen-bond donors (Lipinski definition) is 2. The summed E-state index contributed by atoms with van der Waals surface area (Å²) >= 11 is 10.9. The number of aromatic nitrogens is 1. The van der Waals surface area contributed by atoms with E-state index >= 15 is 0 Å². The maximum absolute atomic E-state index is 12.7. The Balaban J connectivity index is 1.52. The lowest BCUT2D eigenvalue weighted by Gasteiger charge is -2.26. The van der Waals surface area contributed by atoms with Crippen molar-refractivity contribution in [2.75, 3.05) is 11.9 Å². The van der Waals surface area contributed by atoms with E-state index in [1.54, 1.807) is 17.5 Å². The Hall–Kier alpha value is -2.29. The molecule has 2 aromatic heterocycles. The van der Waals surface area contributed by atoms with Crippen LogP contribution in [0.15, 0.2) is 64.6 Å². The predicted octanol–water partition coefficient (Wildman–Crippen LogP) is 5.47. The topological polar surface area (TPSA) is 57.3 Å². The summed E-state index contributed by atoms with van der Waals surface area (Å²) in [6.45, 7) is 2.61. The number of benzene rings is 1. The first-order chi connectivity index (χ1) is 15.1. The normalized spacial score (nSPS) is 18.1. The minimum absolute atomic E-state index is 0.0175. The smallest absolute Gasteiger partial charge is 0.226 e. The summed E-state index contributed by atoms with van der Waals surface area (Å²) in [5.41, 5.74) is 2.94. The van der Waals surface area contributed by atoms with Crippen LogP contribution in [0.5, 0.6) is 0 Å². The largest absolute Gasteiger partial charge is 0.352 e. The van der Waals surface area contributed by atoms with Gasteiger partial charge in [0.2, 0.25) is 5.91 Å². The highest BCUT2D eigenvalue weighted by molar-refractivity contribution is 9.10. The number of thiocarbonyl (C=S) groups is 1. The molecule has 3 heterocycles. The summed E-state index contributed by atoms with van der Waals surface area (Å²) in [6, 6.07) is 15.8. The zero-order chi connectivity index (χ0) is 21.8. The van der Waals surface area contributed by atoms with Gasteiger partial charge in [0.15, 0.2) is 5.11 Å². The molecule has 4 rings (SSSR count). The van der Waals surface area contributed by atoms with Gasteiger partial charge in [0, 0.05) is 39.6 Å². The zero-order valence-electron chi connectivity index (χ0n) is 17.0. The molecule has 8 heteroatoms. The van der Waals surface area contributed by atoms with Crippen LogP contribution in [-0.2, 0) is 11.2 Å². The van der Waals surface area contributed by atoms with E-state index in [0.717, 1.165) is 27.8 Å². The first-order valence-electron chi connectivity index (χ1n) is 10.2. The van der Waals surface area contributed by atoms with Crippen molar-refractivity contribution in [3.63, 3.8) is 0 Å². The van der Waals surface area contributed by atoms with Gasteiger partial charge in [0.25, 0.3) is 0 Å². The van der Waals surface area contributed by atoms with Crippen molar-refractivity contribution in [3.05, 3.63) is 80.7 Å². The van der Waals surface area contributed by atoms with Crippen molar-refractivity contribution >= 4 is 56.2 Å². The molecular weight excluding hydrogens is 492 g/mol. The SMILES string of the molecule is CCc1ccccc1NC(=O)CCN1C(=S)N[C@H](c2ccccn2)[C@H]1c1cc(Br)cs1. The molecule has 3 aromatic rings. The molecule has 2 N–H and O–H groups in total. The van der Waals surface area contributed by atoms with E-state index in [9.17, 15) is 4.79 Å². The molecule has 0 unspecified atom stereocenters. The van der Waals surface area contributed by atoms with E-state index < -0.39 is 0 Å². The fourth-order valence-corrected chi connectivity index (χ4v) is 5.75. The number of pyridine rings is 1.